The van der Waals surface area contributed by atoms with Gasteiger partial charge in [0.25, 0.3) is 0 Å². The smallest absolute Gasteiger partial charge is 0.217 e. The number of amides is 1. The lowest BCUT2D eigenvalue weighted by atomic mass is 10.1. The van der Waals surface area contributed by atoms with E-state index in [4.69, 9.17) is 18.0 Å². The Morgan fingerprint density at radius 3 is 2.47 bits per heavy atom. The van der Waals surface area contributed by atoms with Crippen molar-refractivity contribution in [2.75, 3.05) is 5.32 Å². The summed E-state index contributed by atoms with van der Waals surface area (Å²) in [5, 5.41) is 3.04. The summed E-state index contributed by atoms with van der Waals surface area (Å²) in [6.45, 7) is 1.83. The summed E-state index contributed by atoms with van der Waals surface area (Å²) in [6, 6.07) is 7.80. The van der Waals surface area contributed by atoms with Crippen molar-refractivity contribution in [2.45, 2.75) is 19.8 Å². The highest BCUT2D eigenvalue weighted by Gasteiger charge is 1.98. The normalized spacial score (nSPS) is 9.67. The summed E-state index contributed by atoms with van der Waals surface area (Å²) >= 11 is 4.92. The number of rotatable bonds is 4. The van der Waals surface area contributed by atoms with E-state index in [1.54, 1.807) is 0 Å². The van der Waals surface area contributed by atoms with Crippen molar-refractivity contribution < 1.29 is 4.79 Å². The summed E-state index contributed by atoms with van der Waals surface area (Å²) in [5.74, 6) is -0.271. The van der Waals surface area contributed by atoms with E-state index in [1.807, 2.05) is 31.2 Å². The Morgan fingerprint density at radius 2 is 2.00 bits per heavy atom. The second kappa shape index (κ2) is 5.46. The minimum atomic E-state index is -0.271. The lowest BCUT2D eigenvalue weighted by molar-refractivity contribution is -0.117. The van der Waals surface area contributed by atoms with Crippen LogP contribution in [0, 0.1) is 0 Å². The molecule has 0 aliphatic rings. The molecule has 1 amide bonds. The van der Waals surface area contributed by atoms with Crippen LogP contribution < -0.4 is 11.1 Å². The van der Waals surface area contributed by atoms with Gasteiger partial charge < -0.3 is 11.1 Å². The molecule has 0 saturated heterocycles. The number of carbonyl (C=O) groups excluding carboxylic acids is 1. The largest absolute Gasteiger partial charge is 0.370 e. The minimum absolute atomic E-state index is 0.271. The number of thiocarbonyl (C=S) groups is 1. The molecule has 0 atom stereocenters. The van der Waals surface area contributed by atoms with Crippen molar-refractivity contribution in [3.8, 4) is 0 Å². The Labute approximate surface area is 94.7 Å². The highest BCUT2D eigenvalue weighted by molar-refractivity contribution is 7.80. The molecule has 1 rings (SSSR count). The van der Waals surface area contributed by atoms with Crippen molar-refractivity contribution in [1.29, 1.82) is 0 Å². The quantitative estimate of drug-likeness (QED) is 0.765. The molecule has 4 heteroatoms. The summed E-state index contributed by atoms with van der Waals surface area (Å²) < 4.78 is 0. The van der Waals surface area contributed by atoms with Gasteiger partial charge in [-0.2, -0.15) is 0 Å². The average molecular weight is 222 g/mol. The number of aryl methyl sites for hydroxylation is 1. The first-order valence-electron chi connectivity index (χ1n) is 4.73. The van der Waals surface area contributed by atoms with Crippen LogP contribution in [0.15, 0.2) is 24.3 Å². The molecule has 1 aromatic rings. The molecular formula is C11H14N2OS. The van der Waals surface area contributed by atoms with Gasteiger partial charge in [-0.1, -0.05) is 24.4 Å². The zero-order chi connectivity index (χ0) is 11.3. The van der Waals surface area contributed by atoms with Gasteiger partial charge in [-0.05, 0) is 31.0 Å². The molecule has 0 radical (unpaired) electrons. The highest BCUT2D eigenvalue weighted by atomic mass is 32.1. The molecule has 80 valence electrons. The van der Waals surface area contributed by atoms with Crippen molar-refractivity contribution in [3.05, 3.63) is 29.8 Å². The first-order chi connectivity index (χ1) is 7.08. The van der Waals surface area contributed by atoms with E-state index in [-0.39, 0.29) is 5.91 Å². The number of nitrogens with one attached hydrogen (secondary N) is 1. The number of benzene rings is 1. The molecule has 3 N–H and O–H groups in total. The van der Waals surface area contributed by atoms with Crippen LogP contribution in [0.3, 0.4) is 0 Å². The van der Waals surface area contributed by atoms with Gasteiger partial charge in [0, 0.05) is 12.1 Å². The molecule has 0 aliphatic carbocycles. The minimum Gasteiger partial charge on any atom is -0.370 e. The molecule has 0 aromatic heterocycles. The fourth-order valence-corrected chi connectivity index (χ4v) is 1.34. The van der Waals surface area contributed by atoms with Gasteiger partial charge >= 0.3 is 0 Å². The van der Waals surface area contributed by atoms with Crippen LogP contribution in [0.25, 0.3) is 0 Å². The Balaban J connectivity index is 2.56. The topological polar surface area (TPSA) is 55.1 Å². The van der Waals surface area contributed by atoms with Crippen LogP contribution >= 0.6 is 12.2 Å². The molecule has 0 unspecified atom stereocenters. The van der Waals surface area contributed by atoms with Gasteiger partial charge in [-0.25, -0.2) is 0 Å². The lowest BCUT2D eigenvalue weighted by Crippen LogP contribution is -2.11. The van der Waals surface area contributed by atoms with E-state index in [2.05, 4.69) is 5.32 Å². The molecule has 0 spiro atoms. The van der Waals surface area contributed by atoms with E-state index in [0.717, 1.165) is 16.2 Å². The van der Waals surface area contributed by atoms with Crippen LogP contribution in [0.5, 0.6) is 0 Å². The van der Waals surface area contributed by atoms with E-state index in [0.29, 0.717) is 12.8 Å². The SMILES string of the molecule is CC(=S)Nc1ccc(CCC(N)=O)cc1. The number of hydrogen-bond acceptors (Lipinski definition) is 2. The first-order valence-corrected chi connectivity index (χ1v) is 5.13. The number of anilines is 1. The van der Waals surface area contributed by atoms with Crippen LogP contribution in [-0.4, -0.2) is 10.9 Å². The van der Waals surface area contributed by atoms with Crippen LogP contribution in [0.2, 0.25) is 0 Å². The average Bonchev–Trinajstić information content (AvgIpc) is 2.16. The van der Waals surface area contributed by atoms with Crippen molar-refractivity contribution in [1.82, 2.24) is 0 Å². The molecule has 3 nitrogen and oxygen atoms in total. The number of primary amides is 1. The monoisotopic (exact) mass is 222 g/mol. The van der Waals surface area contributed by atoms with Gasteiger partial charge in [-0.15, -0.1) is 0 Å². The maximum atomic E-state index is 10.6. The van der Waals surface area contributed by atoms with E-state index >= 15 is 0 Å². The zero-order valence-electron chi connectivity index (χ0n) is 8.62. The van der Waals surface area contributed by atoms with Gasteiger partial charge in [0.15, 0.2) is 0 Å². The highest BCUT2D eigenvalue weighted by Crippen LogP contribution is 2.10. The fourth-order valence-electron chi connectivity index (χ4n) is 1.23. The van der Waals surface area contributed by atoms with E-state index in [9.17, 15) is 4.79 Å². The fraction of sp³-hybridized carbons (Fsp3) is 0.273. The number of carbonyl (C=O) groups is 1. The summed E-state index contributed by atoms with van der Waals surface area (Å²) in [5.41, 5.74) is 7.13. The van der Waals surface area contributed by atoms with Crippen LogP contribution in [-0.2, 0) is 11.2 Å². The second-order valence-corrected chi connectivity index (χ2v) is 3.96. The third kappa shape index (κ3) is 4.56. The maximum Gasteiger partial charge on any atom is 0.217 e. The molecule has 0 fully saturated rings. The van der Waals surface area contributed by atoms with Crippen molar-refractivity contribution in [3.63, 3.8) is 0 Å². The first kappa shape index (κ1) is 11.7. The van der Waals surface area contributed by atoms with Crippen molar-refractivity contribution >= 4 is 28.8 Å². The Morgan fingerprint density at radius 1 is 1.40 bits per heavy atom. The van der Waals surface area contributed by atoms with E-state index < -0.39 is 0 Å². The third-order valence-electron chi connectivity index (χ3n) is 1.93. The summed E-state index contributed by atoms with van der Waals surface area (Å²) in [4.78, 5) is 11.3. The molecule has 0 bridgehead atoms. The Hall–Kier alpha value is -1.42. The predicted molar refractivity (Wildman–Crippen MR) is 65.9 cm³/mol. The molecule has 15 heavy (non-hydrogen) atoms. The molecule has 0 saturated carbocycles. The van der Waals surface area contributed by atoms with Crippen LogP contribution in [0.4, 0.5) is 5.69 Å². The molecule has 0 heterocycles. The number of nitrogens with two attached hydrogens (primary N) is 1. The standard InChI is InChI=1S/C11H14N2OS/c1-8(15)13-10-5-2-9(3-6-10)4-7-11(12)14/h2-3,5-6H,4,7H2,1H3,(H2,12,14)(H,13,15). The molecular weight excluding hydrogens is 208 g/mol. The molecule has 1 aromatic carbocycles. The van der Waals surface area contributed by atoms with Crippen LogP contribution in [0.1, 0.15) is 18.9 Å². The Kier molecular flexibility index (Phi) is 4.24. The predicted octanol–water partition coefficient (Wildman–Crippen LogP) is 1.86. The maximum absolute atomic E-state index is 10.6. The van der Waals surface area contributed by atoms with Crippen molar-refractivity contribution in [2.24, 2.45) is 5.73 Å². The van der Waals surface area contributed by atoms with Gasteiger partial charge in [0.05, 0.1) is 4.99 Å². The second-order valence-electron chi connectivity index (χ2n) is 3.34. The van der Waals surface area contributed by atoms with Gasteiger partial charge in [0.2, 0.25) is 5.91 Å². The summed E-state index contributed by atoms with van der Waals surface area (Å²) in [7, 11) is 0. The van der Waals surface area contributed by atoms with E-state index in [1.165, 1.54) is 0 Å². The van der Waals surface area contributed by atoms with Gasteiger partial charge in [-0.3, -0.25) is 4.79 Å². The van der Waals surface area contributed by atoms with Gasteiger partial charge in [0.1, 0.15) is 0 Å². The summed E-state index contributed by atoms with van der Waals surface area (Å²) in [6.07, 6.45) is 1.07. The Bertz CT molecular complexity index is 359. The number of hydrogen-bond donors (Lipinski definition) is 2. The third-order valence-corrected chi connectivity index (χ3v) is 2.04. The lowest BCUT2D eigenvalue weighted by Gasteiger charge is -2.04. The molecule has 0 aliphatic heterocycles. The zero-order valence-corrected chi connectivity index (χ0v) is 9.43.